The Morgan fingerprint density at radius 3 is 2.00 bits per heavy atom. The zero-order chi connectivity index (χ0) is 21.5. The normalized spacial score (nSPS) is 13.8. The van der Waals surface area contributed by atoms with Gasteiger partial charge in [-0.2, -0.15) is 0 Å². The molecule has 1 unspecified atom stereocenters. The number of carbonyl (C=O) groups excluding carboxylic acids is 1. The molecule has 0 saturated heterocycles. The molecule has 0 spiro atoms. The number of esters is 1. The van der Waals surface area contributed by atoms with E-state index in [-0.39, 0.29) is 6.42 Å². The van der Waals surface area contributed by atoms with Crippen LogP contribution >= 0.6 is 0 Å². The molecule has 0 aliphatic carbocycles. The van der Waals surface area contributed by atoms with Crippen molar-refractivity contribution in [2.45, 2.75) is 115 Å². The highest BCUT2D eigenvalue weighted by Gasteiger charge is 2.43. The number of rotatable bonds is 17. The Morgan fingerprint density at radius 2 is 1.46 bits per heavy atom. The molecule has 7 nitrogen and oxygen atoms in total. The van der Waals surface area contributed by atoms with Gasteiger partial charge in [-0.05, 0) is 39.0 Å². The van der Waals surface area contributed by atoms with Crippen molar-refractivity contribution in [3.8, 4) is 0 Å². The number of hydrogen-bond donors (Lipinski definition) is 5. The highest BCUT2D eigenvalue weighted by atomic mass is 16.6. The zero-order valence-corrected chi connectivity index (χ0v) is 17.7. The molecule has 0 amide bonds. The van der Waals surface area contributed by atoms with Crippen LogP contribution in [0.3, 0.4) is 0 Å². The highest BCUT2D eigenvalue weighted by molar-refractivity contribution is 5.70. The molecule has 0 aromatic carbocycles. The van der Waals surface area contributed by atoms with Crippen LogP contribution in [0.4, 0.5) is 0 Å². The lowest BCUT2D eigenvalue weighted by Crippen LogP contribution is -2.68. The van der Waals surface area contributed by atoms with Crippen molar-refractivity contribution in [1.82, 2.24) is 0 Å². The molecule has 0 heterocycles. The molecule has 7 N–H and O–H groups in total. The maximum absolute atomic E-state index is 11.7. The Balaban J connectivity index is 3.65. The van der Waals surface area contributed by atoms with Crippen molar-refractivity contribution < 1.29 is 24.9 Å². The van der Waals surface area contributed by atoms with E-state index >= 15 is 0 Å². The molecule has 166 valence electrons. The average molecular weight is 403 g/mol. The largest absolute Gasteiger partial charge is 0.425 e. The number of allylic oxidation sites excluding steroid dienone is 2. The van der Waals surface area contributed by atoms with E-state index in [2.05, 4.69) is 23.8 Å². The van der Waals surface area contributed by atoms with Crippen molar-refractivity contribution in [1.29, 1.82) is 0 Å². The molecule has 0 radical (unpaired) electrons. The minimum atomic E-state index is -2.57. The SMILES string of the molecule is CCCCCCCC/C=C/CCCCCC(O)CC(=O)OC(N)(N)C(C)(O)O. The molecular weight excluding hydrogens is 360 g/mol. The van der Waals surface area contributed by atoms with Crippen LogP contribution in [-0.4, -0.2) is 39.0 Å². The van der Waals surface area contributed by atoms with Crippen molar-refractivity contribution in [2.75, 3.05) is 0 Å². The van der Waals surface area contributed by atoms with E-state index < -0.39 is 23.7 Å². The molecular formula is C21H42N2O5. The maximum Gasteiger partial charge on any atom is 0.311 e. The highest BCUT2D eigenvalue weighted by Crippen LogP contribution is 2.15. The van der Waals surface area contributed by atoms with E-state index in [1.54, 1.807) is 0 Å². The second-order valence-electron chi connectivity index (χ2n) is 7.81. The third-order valence-electron chi connectivity index (χ3n) is 4.72. The van der Waals surface area contributed by atoms with Gasteiger partial charge >= 0.3 is 5.97 Å². The first kappa shape index (κ1) is 27.0. The van der Waals surface area contributed by atoms with Crippen molar-refractivity contribution in [2.24, 2.45) is 11.5 Å². The average Bonchev–Trinajstić information content (AvgIpc) is 2.57. The quantitative estimate of drug-likeness (QED) is 0.109. The molecule has 28 heavy (non-hydrogen) atoms. The fourth-order valence-electron chi connectivity index (χ4n) is 2.72. The molecule has 0 aliphatic rings. The van der Waals surface area contributed by atoms with Crippen LogP contribution in [0.2, 0.25) is 0 Å². The number of hydrogen-bond acceptors (Lipinski definition) is 7. The molecule has 1 atom stereocenters. The summed E-state index contributed by atoms with van der Waals surface area (Å²) < 4.78 is 4.64. The van der Waals surface area contributed by atoms with Gasteiger partial charge in [-0.15, -0.1) is 0 Å². The summed E-state index contributed by atoms with van der Waals surface area (Å²) in [5, 5.41) is 28.5. The third-order valence-corrected chi connectivity index (χ3v) is 4.72. The van der Waals surface area contributed by atoms with Crippen molar-refractivity contribution in [3.05, 3.63) is 12.2 Å². The van der Waals surface area contributed by atoms with Crippen LogP contribution in [0.1, 0.15) is 97.3 Å². The summed E-state index contributed by atoms with van der Waals surface area (Å²) in [6, 6.07) is 0. The minimum absolute atomic E-state index is 0.287. The van der Waals surface area contributed by atoms with Gasteiger partial charge < -0.3 is 20.1 Å². The smallest absolute Gasteiger partial charge is 0.311 e. The van der Waals surface area contributed by atoms with Crippen LogP contribution in [0, 0.1) is 0 Å². The summed E-state index contributed by atoms with van der Waals surface area (Å²) >= 11 is 0. The van der Waals surface area contributed by atoms with E-state index in [0.717, 1.165) is 39.0 Å². The van der Waals surface area contributed by atoms with Crippen molar-refractivity contribution >= 4 is 5.97 Å². The Morgan fingerprint density at radius 1 is 0.964 bits per heavy atom. The first-order valence-electron chi connectivity index (χ1n) is 10.7. The van der Waals surface area contributed by atoms with Gasteiger partial charge in [0.25, 0.3) is 5.85 Å². The molecule has 0 rings (SSSR count). The zero-order valence-electron chi connectivity index (χ0n) is 17.7. The molecule has 0 saturated carbocycles. The van der Waals surface area contributed by atoms with E-state index in [1.807, 2.05) is 0 Å². The maximum atomic E-state index is 11.7. The fraction of sp³-hybridized carbons (Fsp3) is 0.857. The lowest BCUT2D eigenvalue weighted by molar-refractivity contribution is -0.270. The van der Waals surface area contributed by atoms with Crippen LogP contribution in [0.15, 0.2) is 12.2 Å². The number of carbonyl (C=O) groups is 1. The van der Waals surface area contributed by atoms with Crippen LogP contribution in [0.25, 0.3) is 0 Å². The molecule has 0 aliphatic heterocycles. The van der Waals surface area contributed by atoms with Gasteiger partial charge in [0.05, 0.1) is 12.5 Å². The second kappa shape index (κ2) is 14.9. The van der Waals surface area contributed by atoms with Gasteiger partial charge in [-0.3, -0.25) is 16.3 Å². The van der Waals surface area contributed by atoms with Crippen molar-refractivity contribution in [3.63, 3.8) is 0 Å². The Labute approximate surface area is 170 Å². The Bertz CT molecular complexity index is 433. The summed E-state index contributed by atoms with van der Waals surface area (Å²) in [4.78, 5) is 11.7. The third kappa shape index (κ3) is 14.1. The lowest BCUT2D eigenvalue weighted by Gasteiger charge is -2.33. The number of nitrogens with two attached hydrogens (primary N) is 2. The van der Waals surface area contributed by atoms with E-state index in [4.69, 9.17) is 11.5 Å². The predicted octanol–water partition coefficient (Wildman–Crippen LogP) is 2.81. The van der Waals surface area contributed by atoms with Gasteiger partial charge in [0.15, 0.2) is 0 Å². The molecule has 0 fully saturated rings. The summed E-state index contributed by atoms with van der Waals surface area (Å²) in [6.45, 7) is 3.15. The second-order valence-corrected chi connectivity index (χ2v) is 7.81. The molecule has 0 bridgehead atoms. The molecule has 7 heteroatoms. The number of ether oxygens (including phenoxy) is 1. The predicted molar refractivity (Wildman–Crippen MR) is 111 cm³/mol. The first-order valence-corrected chi connectivity index (χ1v) is 10.7. The van der Waals surface area contributed by atoms with Crippen LogP contribution < -0.4 is 11.5 Å². The van der Waals surface area contributed by atoms with Gasteiger partial charge in [0.1, 0.15) is 0 Å². The Hall–Kier alpha value is -0.990. The van der Waals surface area contributed by atoms with Crippen LogP contribution in [0.5, 0.6) is 0 Å². The van der Waals surface area contributed by atoms with Crippen LogP contribution in [-0.2, 0) is 9.53 Å². The van der Waals surface area contributed by atoms with Gasteiger partial charge in [0, 0.05) is 0 Å². The summed E-state index contributed by atoms with van der Waals surface area (Å²) in [5.41, 5.74) is 10.7. The van der Waals surface area contributed by atoms with E-state index in [9.17, 15) is 20.1 Å². The standard InChI is InChI=1S/C21H42N2O5/c1-3-4-5-6-7-8-9-10-11-12-13-14-15-16-18(24)17-19(25)28-21(22,23)20(2,26)27/h10-11,18,24,26-27H,3-9,12-17,22-23H2,1-2H3/b11-10+. The summed E-state index contributed by atoms with van der Waals surface area (Å²) in [7, 11) is 0. The summed E-state index contributed by atoms with van der Waals surface area (Å²) in [6.07, 6.45) is 16.7. The topological polar surface area (TPSA) is 139 Å². The monoisotopic (exact) mass is 402 g/mol. The minimum Gasteiger partial charge on any atom is -0.425 e. The van der Waals surface area contributed by atoms with Gasteiger partial charge in [-0.25, -0.2) is 0 Å². The number of aliphatic hydroxyl groups excluding tert-OH is 1. The lowest BCUT2D eigenvalue weighted by atomic mass is 10.1. The fourth-order valence-corrected chi connectivity index (χ4v) is 2.72. The molecule has 0 aromatic rings. The number of unbranched alkanes of at least 4 members (excludes halogenated alkanes) is 9. The van der Waals surface area contributed by atoms with E-state index in [0.29, 0.717) is 6.42 Å². The van der Waals surface area contributed by atoms with E-state index in [1.165, 1.54) is 38.5 Å². The Kier molecular flexibility index (Phi) is 14.4. The van der Waals surface area contributed by atoms with Gasteiger partial charge in [-0.1, -0.05) is 64.0 Å². The number of aliphatic hydroxyl groups is 3. The summed E-state index contributed by atoms with van der Waals surface area (Å²) in [5.74, 6) is -5.87. The van der Waals surface area contributed by atoms with Gasteiger partial charge in [0.2, 0.25) is 5.79 Å². The first-order chi connectivity index (χ1) is 13.1. The molecule has 0 aromatic heterocycles.